The van der Waals surface area contributed by atoms with E-state index in [1.54, 1.807) is 7.11 Å². The molecule has 21 heavy (non-hydrogen) atoms. The Hall–Kier alpha value is -1.52. The molecule has 0 saturated carbocycles. The summed E-state index contributed by atoms with van der Waals surface area (Å²) in [5.41, 5.74) is 0.326. The molecule has 0 amide bonds. The molecule has 1 aliphatic heterocycles. The first-order valence-electron chi connectivity index (χ1n) is 7.26. The van der Waals surface area contributed by atoms with Crippen LogP contribution in [0.15, 0.2) is 36.4 Å². The molecule has 2 aromatic carbocycles. The molecular weight excluding hydrogens is 263 g/mol. The van der Waals surface area contributed by atoms with E-state index in [0.717, 1.165) is 22.0 Å². The average Bonchev–Trinajstić information content (AvgIpc) is 2.66. The molecule has 0 aromatic heterocycles. The van der Waals surface area contributed by atoms with Gasteiger partial charge in [-0.1, -0.05) is 24.3 Å². The summed E-state index contributed by atoms with van der Waals surface area (Å²) in [5.74, 6) is 0.818. The monoisotopic (exact) mass is 284 g/mol. The first kappa shape index (κ1) is 14.4. The highest BCUT2D eigenvalue weighted by Crippen LogP contribution is 2.37. The number of benzene rings is 2. The maximum atomic E-state index is 6.18. The van der Waals surface area contributed by atoms with Crippen LogP contribution in [0.3, 0.4) is 0 Å². The second kappa shape index (κ2) is 4.75. The molecule has 2 aromatic rings. The maximum Gasteiger partial charge on any atom is 0.495 e. The van der Waals surface area contributed by atoms with Crippen LogP contribution in [0.1, 0.15) is 27.7 Å². The van der Waals surface area contributed by atoms with E-state index in [1.807, 2.05) is 24.3 Å². The van der Waals surface area contributed by atoms with Gasteiger partial charge >= 0.3 is 7.12 Å². The van der Waals surface area contributed by atoms with E-state index >= 15 is 0 Å². The van der Waals surface area contributed by atoms with Gasteiger partial charge < -0.3 is 14.0 Å². The van der Waals surface area contributed by atoms with Crippen molar-refractivity contribution in [2.24, 2.45) is 0 Å². The number of hydrogen-bond donors (Lipinski definition) is 0. The minimum absolute atomic E-state index is 0.345. The molecule has 0 unspecified atom stereocenters. The summed E-state index contributed by atoms with van der Waals surface area (Å²) in [4.78, 5) is 0. The standard InChI is InChI=1S/C17H21BO3/c1-16(2)17(3,4)21-18(20-16)15-11-13(19-5)10-12-8-6-7-9-14(12)15/h6-11H,1-5H3. The smallest absolute Gasteiger partial charge is 0.495 e. The van der Waals surface area contributed by atoms with Crippen LogP contribution in [0.4, 0.5) is 0 Å². The third kappa shape index (κ3) is 2.32. The zero-order chi connectivity index (χ0) is 15.3. The molecule has 0 radical (unpaired) electrons. The number of fused-ring (bicyclic) bond motifs is 1. The molecule has 4 heteroatoms. The second-order valence-corrected chi connectivity index (χ2v) is 6.53. The SMILES string of the molecule is COc1cc(B2OC(C)(C)C(C)(C)O2)c2ccccc2c1. The Kier molecular flexibility index (Phi) is 3.26. The van der Waals surface area contributed by atoms with Gasteiger partial charge in [-0.15, -0.1) is 0 Å². The largest absolute Gasteiger partial charge is 0.497 e. The van der Waals surface area contributed by atoms with E-state index in [2.05, 4.69) is 39.8 Å². The Balaban J connectivity index is 2.13. The van der Waals surface area contributed by atoms with Crippen LogP contribution in [0, 0.1) is 0 Å². The summed E-state index contributed by atoms with van der Waals surface area (Å²) in [6, 6.07) is 12.3. The van der Waals surface area contributed by atoms with Crippen LogP contribution in [0.25, 0.3) is 10.8 Å². The highest BCUT2D eigenvalue weighted by atomic mass is 16.7. The molecule has 110 valence electrons. The van der Waals surface area contributed by atoms with Gasteiger partial charge in [0.1, 0.15) is 5.75 Å². The lowest BCUT2D eigenvalue weighted by atomic mass is 9.76. The van der Waals surface area contributed by atoms with Gasteiger partial charge in [0, 0.05) is 0 Å². The van der Waals surface area contributed by atoms with Crippen molar-refractivity contribution in [1.82, 2.24) is 0 Å². The minimum atomic E-state index is -0.380. The van der Waals surface area contributed by atoms with Gasteiger partial charge in [0.05, 0.1) is 18.3 Å². The molecule has 1 heterocycles. The van der Waals surface area contributed by atoms with Crippen molar-refractivity contribution in [1.29, 1.82) is 0 Å². The van der Waals surface area contributed by atoms with Gasteiger partial charge in [-0.2, -0.15) is 0 Å². The van der Waals surface area contributed by atoms with Crippen molar-refractivity contribution in [3.8, 4) is 5.75 Å². The van der Waals surface area contributed by atoms with Gasteiger partial charge in [0.2, 0.25) is 0 Å². The second-order valence-electron chi connectivity index (χ2n) is 6.53. The Morgan fingerprint density at radius 2 is 1.57 bits per heavy atom. The predicted molar refractivity (Wildman–Crippen MR) is 86.2 cm³/mol. The first-order valence-corrected chi connectivity index (χ1v) is 7.26. The van der Waals surface area contributed by atoms with Crippen molar-refractivity contribution in [3.63, 3.8) is 0 Å². The van der Waals surface area contributed by atoms with Crippen LogP contribution in [-0.2, 0) is 9.31 Å². The van der Waals surface area contributed by atoms with Crippen LogP contribution >= 0.6 is 0 Å². The fraction of sp³-hybridized carbons (Fsp3) is 0.412. The number of ether oxygens (including phenoxy) is 1. The lowest BCUT2D eigenvalue weighted by Gasteiger charge is -2.32. The predicted octanol–water partition coefficient (Wildman–Crippen LogP) is 3.15. The quantitative estimate of drug-likeness (QED) is 0.793. The summed E-state index contributed by atoms with van der Waals surface area (Å²) in [6.07, 6.45) is 0. The molecule has 3 rings (SSSR count). The molecular formula is C17H21BO3. The Labute approximate surface area is 126 Å². The van der Waals surface area contributed by atoms with E-state index < -0.39 is 0 Å². The summed E-state index contributed by atoms with van der Waals surface area (Å²) in [5, 5.41) is 2.26. The van der Waals surface area contributed by atoms with Crippen LogP contribution in [0.5, 0.6) is 5.75 Å². The van der Waals surface area contributed by atoms with Gasteiger partial charge in [-0.05, 0) is 56.1 Å². The van der Waals surface area contributed by atoms with Crippen LogP contribution < -0.4 is 10.2 Å². The molecule has 1 fully saturated rings. The lowest BCUT2D eigenvalue weighted by molar-refractivity contribution is 0.00578. The fourth-order valence-electron chi connectivity index (χ4n) is 2.59. The third-order valence-corrected chi connectivity index (χ3v) is 4.61. The average molecular weight is 284 g/mol. The third-order valence-electron chi connectivity index (χ3n) is 4.61. The normalized spacial score (nSPS) is 20.0. The zero-order valence-corrected chi connectivity index (χ0v) is 13.3. The molecule has 0 bridgehead atoms. The van der Waals surface area contributed by atoms with Crippen molar-refractivity contribution in [3.05, 3.63) is 36.4 Å². The first-order chi connectivity index (χ1) is 9.84. The molecule has 0 aliphatic carbocycles. The topological polar surface area (TPSA) is 27.7 Å². The zero-order valence-electron chi connectivity index (χ0n) is 13.3. The van der Waals surface area contributed by atoms with Crippen LogP contribution in [-0.4, -0.2) is 25.4 Å². The van der Waals surface area contributed by atoms with E-state index in [9.17, 15) is 0 Å². The summed E-state index contributed by atoms with van der Waals surface area (Å²) < 4.78 is 17.8. The van der Waals surface area contributed by atoms with Crippen LogP contribution in [0.2, 0.25) is 0 Å². The van der Waals surface area contributed by atoms with E-state index in [4.69, 9.17) is 14.0 Å². The van der Waals surface area contributed by atoms with Gasteiger partial charge in [0.15, 0.2) is 0 Å². The molecule has 0 atom stereocenters. The molecule has 0 spiro atoms. The number of rotatable bonds is 2. The summed E-state index contributed by atoms with van der Waals surface area (Å²) >= 11 is 0. The Bertz CT molecular complexity index is 663. The fourth-order valence-corrected chi connectivity index (χ4v) is 2.59. The summed E-state index contributed by atoms with van der Waals surface area (Å²) in [7, 11) is 1.30. The van der Waals surface area contributed by atoms with Gasteiger partial charge in [-0.3, -0.25) is 0 Å². The van der Waals surface area contributed by atoms with Gasteiger partial charge in [0.25, 0.3) is 0 Å². The number of methoxy groups -OCH3 is 1. The molecule has 1 saturated heterocycles. The summed E-state index contributed by atoms with van der Waals surface area (Å²) in [6.45, 7) is 8.26. The Morgan fingerprint density at radius 1 is 0.952 bits per heavy atom. The van der Waals surface area contributed by atoms with Crippen molar-refractivity contribution < 1.29 is 14.0 Å². The molecule has 1 aliphatic rings. The van der Waals surface area contributed by atoms with Gasteiger partial charge in [-0.25, -0.2) is 0 Å². The van der Waals surface area contributed by atoms with E-state index in [0.29, 0.717) is 0 Å². The minimum Gasteiger partial charge on any atom is -0.497 e. The maximum absolute atomic E-state index is 6.18. The van der Waals surface area contributed by atoms with Crippen molar-refractivity contribution in [2.45, 2.75) is 38.9 Å². The lowest BCUT2D eigenvalue weighted by Crippen LogP contribution is -2.41. The Morgan fingerprint density at radius 3 is 2.19 bits per heavy atom. The van der Waals surface area contributed by atoms with E-state index in [-0.39, 0.29) is 18.3 Å². The van der Waals surface area contributed by atoms with Crippen molar-refractivity contribution >= 4 is 23.4 Å². The molecule has 3 nitrogen and oxygen atoms in total. The number of hydrogen-bond acceptors (Lipinski definition) is 3. The van der Waals surface area contributed by atoms with Crippen molar-refractivity contribution in [2.75, 3.05) is 7.11 Å². The molecule has 0 N–H and O–H groups in total. The highest BCUT2D eigenvalue weighted by Gasteiger charge is 2.52. The highest BCUT2D eigenvalue weighted by molar-refractivity contribution is 6.65. The van der Waals surface area contributed by atoms with E-state index in [1.165, 1.54) is 0 Å².